The number of rotatable bonds is 2. The minimum atomic E-state index is 0.298. The van der Waals surface area contributed by atoms with Gasteiger partial charge in [-0.05, 0) is 24.5 Å². The SMILES string of the molecule is COC1CN(c2nc3ccccc3[nH]2)CCC1C. The second-order valence-corrected chi connectivity index (χ2v) is 5.06. The fourth-order valence-electron chi connectivity index (χ4n) is 2.62. The number of hydrogen-bond acceptors (Lipinski definition) is 3. The summed E-state index contributed by atoms with van der Waals surface area (Å²) in [6.07, 6.45) is 1.45. The summed E-state index contributed by atoms with van der Waals surface area (Å²) in [5, 5.41) is 0. The Morgan fingerprint density at radius 3 is 3.00 bits per heavy atom. The number of H-pyrrole nitrogens is 1. The Kier molecular flexibility index (Phi) is 2.96. The minimum Gasteiger partial charge on any atom is -0.379 e. The molecule has 1 aliphatic rings. The summed E-state index contributed by atoms with van der Waals surface area (Å²) in [4.78, 5) is 10.3. The Morgan fingerprint density at radius 2 is 2.22 bits per heavy atom. The molecule has 1 aliphatic heterocycles. The summed E-state index contributed by atoms with van der Waals surface area (Å²) in [7, 11) is 1.79. The zero-order valence-electron chi connectivity index (χ0n) is 10.9. The average molecular weight is 245 g/mol. The number of fused-ring (bicyclic) bond motifs is 1. The van der Waals surface area contributed by atoms with Crippen LogP contribution in [0.3, 0.4) is 0 Å². The normalized spacial score (nSPS) is 24.7. The van der Waals surface area contributed by atoms with Gasteiger partial charge in [0, 0.05) is 20.2 Å². The van der Waals surface area contributed by atoms with E-state index in [4.69, 9.17) is 4.74 Å². The Hall–Kier alpha value is -1.55. The van der Waals surface area contributed by atoms with Crippen molar-refractivity contribution >= 4 is 17.0 Å². The molecule has 0 aliphatic carbocycles. The van der Waals surface area contributed by atoms with Crippen molar-refractivity contribution in [3.8, 4) is 0 Å². The molecule has 2 atom stereocenters. The second-order valence-electron chi connectivity index (χ2n) is 5.06. The molecule has 1 saturated heterocycles. The molecule has 0 amide bonds. The number of nitrogens with zero attached hydrogens (tertiary/aromatic N) is 2. The summed E-state index contributed by atoms with van der Waals surface area (Å²) < 4.78 is 5.55. The molecule has 2 unspecified atom stereocenters. The maximum atomic E-state index is 5.55. The van der Waals surface area contributed by atoms with E-state index in [1.807, 2.05) is 18.2 Å². The fourth-order valence-corrected chi connectivity index (χ4v) is 2.62. The summed E-state index contributed by atoms with van der Waals surface area (Å²) in [5.74, 6) is 1.58. The van der Waals surface area contributed by atoms with Gasteiger partial charge >= 0.3 is 0 Å². The van der Waals surface area contributed by atoms with Crippen LogP contribution in [0.5, 0.6) is 0 Å². The second kappa shape index (κ2) is 4.61. The predicted octanol–water partition coefficient (Wildman–Crippen LogP) is 2.42. The van der Waals surface area contributed by atoms with E-state index in [1.165, 1.54) is 0 Å². The first kappa shape index (κ1) is 11.5. The van der Waals surface area contributed by atoms with Crippen molar-refractivity contribution in [2.75, 3.05) is 25.1 Å². The van der Waals surface area contributed by atoms with Gasteiger partial charge in [-0.2, -0.15) is 0 Å². The van der Waals surface area contributed by atoms with Crippen molar-refractivity contribution in [1.29, 1.82) is 0 Å². The standard InChI is InChI=1S/C14H19N3O/c1-10-7-8-17(9-13(10)18-2)14-15-11-5-3-4-6-12(11)16-14/h3-6,10,13H,7-9H2,1-2H3,(H,15,16). The van der Waals surface area contributed by atoms with Crippen molar-refractivity contribution in [2.45, 2.75) is 19.4 Å². The van der Waals surface area contributed by atoms with Gasteiger partial charge in [0.15, 0.2) is 0 Å². The minimum absolute atomic E-state index is 0.298. The summed E-state index contributed by atoms with van der Waals surface area (Å²) >= 11 is 0. The smallest absolute Gasteiger partial charge is 0.203 e. The highest BCUT2D eigenvalue weighted by Gasteiger charge is 2.27. The van der Waals surface area contributed by atoms with Crippen molar-refractivity contribution < 1.29 is 4.74 Å². The highest BCUT2D eigenvalue weighted by molar-refractivity contribution is 5.77. The van der Waals surface area contributed by atoms with Crippen LogP contribution in [0.15, 0.2) is 24.3 Å². The van der Waals surface area contributed by atoms with E-state index in [9.17, 15) is 0 Å². The zero-order chi connectivity index (χ0) is 12.5. The third kappa shape index (κ3) is 1.97. The third-order valence-electron chi connectivity index (χ3n) is 3.87. The number of para-hydroxylation sites is 2. The van der Waals surface area contributed by atoms with Gasteiger partial charge in [0.05, 0.1) is 17.1 Å². The van der Waals surface area contributed by atoms with Crippen molar-refractivity contribution in [1.82, 2.24) is 9.97 Å². The lowest BCUT2D eigenvalue weighted by atomic mass is 9.96. The molecule has 1 aromatic carbocycles. The van der Waals surface area contributed by atoms with E-state index < -0.39 is 0 Å². The molecule has 1 aromatic heterocycles. The molecule has 0 saturated carbocycles. The van der Waals surface area contributed by atoms with Crippen LogP contribution in [0.25, 0.3) is 11.0 Å². The van der Waals surface area contributed by atoms with Crippen molar-refractivity contribution in [3.05, 3.63) is 24.3 Å². The van der Waals surface area contributed by atoms with Crippen LogP contribution in [0.1, 0.15) is 13.3 Å². The van der Waals surface area contributed by atoms with Gasteiger partial charge in [-0.3, -0.25) is 0 Å². The molecule has 0 spiro atoms. The molecule has 4 heteroatoms. The van der Waals surface area contributed by atoms with Gasteiger partial charge in [-0.15, -0.1) is 0 Å². The van der Waals surface area contributed by atoms with Gasteiger partial charge in [0.25, 0.3) is 0 Å². The van der Waals surface area contributed by atoms with Gasteiger partial charge < -0.3 is 14.6 Å². The number of piperidine rings is 1. The molecule has 18 heavy (non-hydrogen) atoms. The van der Waals surface area contributed by atoms with Crippen LogP contribution < -0.4 is 4.90 Å². The van der Waals surface area contributed by atoms with Crippen LogP contribution in [-0.4, -0.2) is 36.3 Å². The van der Waals surface area contributed by atoms with Crippen LogP contribution in [0.4, 0.5) is 5.95 Å². The Morgan fingerprint density at radius 1 is 1.39 bits per heavy atom. The van der Waals surface area contributed by atoms with Crippen molar-refractivity contribution in [2.24, 2.45) is 5.92 Å². The number of aromatic nitrogens is 2. The molecule has 0 radical (unpaired) electrons. The van der Waals surface area contributed by atoms with Crippen molar-refractivity contribution in [3.63, 3.8) is 0 Å². The molecular weight excluding hydrogens is 226 g/mol. The molecule has 3 rings (SSSR count). The quantitative estimate of drug-likeness (QED) is 0.883. The van der Waals surface area contributed by atoms with E-state index in [-0.39, 0.29) is 0 Å². The number of aromatic amines is 1. The van der Waals surface area contributed by atoms with E-state index in [1.54, 1.807) is 7.11 Å². The average Bonchev–Trinajstić information content (AvgIpc) is 2.83. The molecular formula is C14H19N3O. The highest BCUT2D eigenvalue weighted by atomic mass is 16.5. The van der Waals surface area contributed by atoms with Gasteiger partial charge in [0.1, 0.15) is 0 Å². The van der Waals surface area contributed by atoms with E-state index >= 15 is 0 Å². The Labute approximate surface area is 107 Å². The number of ether oxygens (including phenoxy) is 1. The number of methoxy groups -OCH3 is 1. The summed E-state index contributed by atoms with van der Waals surface area (Å²) in [6.45, 7) is 4.21. The van der Waals surface area contributed by atoms with Crippen LogP contribution in [-0.2, 0) is 4.74 Å². The Balaban J connectivity index is 1.86. The molecule has 2 aromatic rings. The topological polar surface area (TPSA) is 41.1 Å². The molecule has 4 nitrogen and oxygen atoms in total. The summed E-state index contributed by atoms with van der Waals surface area (Å²) in [5.41, 5.74) is 2.13. The fraction of sp³-hybridized carbons (Fsp3) is 0.500. The first-order valence-electron chi connectivity index (χ1n) is 6.50. The predicted molar refractivity (Wildman–Crippen MR) is 72.9 cm³/mol. The number of nitrogens with one attached hydrogen (secondary N) is 1. The largest absolute Gasteiger partial charge is 0.379 e. The summed E-state index contributed by atoms with van der Waals surface area (Å²) in [6, 6.07) is 8.14. The van der Waals surface area contributed by atoms with E-state index in [0.717, 1.165) is 36.5 Å². The van der Waals surface area contributed by atoms with Crippen LogP contribution in [0.2, 0.25) is 0 Å². The number of hydrogen-bond donors (Lipinski definition) is 1. The Bertz CT molecular complexity index is 504. The molecule has 2 heterocycles. The number of imidazole rings is 1. The van der Waals surface area contributed by atoms with E-state index in [2.05, 4.69) is 27.9 Å². The third-order valence-corrected chi connectivity index (χ3v) is 3.87. The van der Waals surface area contributed by atoms with Gasteiger partial charge in [0.2, 0.25) is 5.95 Å². The van der Waals surface area contributed by atoms with Crippen LogP contribution in [0, 0.1) is 5.92 Å². The first-order chi connectivity index (χ1) is 8.78. The first-order valence-corrected chi connectivity index (χ1v) is 6.50. The molecule has 1 fully saturated rings. The number of anilines is 1. The number of benzene rings is 1. The van der Waals surface area contributed by atoms with Crippen LogP contribution >= 0.6 is 0 Å². The maximum absolute atomic E-state index is 5.55. The van der Waals surface area contributed by atoms with Gasteiger partial charge in [-0.1, -0.05) is 19.1 Å². The monoisotopic (exact) mass is 245 g/mol. The molecule has 0 bridgehead atoms. The van der Waals surface area contributed by atoms with E-state index in [0.29, 0.717) is 12.0 Å². The van der Waals surface area contributed by atoms with Gasteiger partial charge in [-0.25, -0.2) is 4.98 Å². The molecule has 1 N–H and O–H groups in total. The lowest BCUT2D eigenvalue weighted by Gasteiger charge is -2.35. The lowest BCUT2D eigenvalue weighted by Crippen LogP contribution is -2.44. The zero-order valence-corrected chi connectivity index (χ0v) is 10.9. The molecule has 96 valence electrons. The maximum Gasteiger partial charge on any atom is 0.203 e. The lowest BCUT2D eigenvalue weighted by molar-refractivity contribution is 0.0495. The highest BCUT2D eigenvalue weighted by Crippen LogP contribution is 2.24.